The Morgan fingerprint density at radius 2 is 2.18 bits per heavy atom. The van der Waals surface area contributed by atoms with Gasteiger partial charge in [-0.25, -0.2) is 13.2 Å². The first-order chi connectivity index (χ1) is 7.80. The molecule has 0 saturated heterocycles. The van der Waals surface area contributed by atoms with Crippen molar-refractivity contribution in [3.8, 4) is 0 Å². The van der Waals surface area contributed by atoms with Gasteiger partial charge >= 0.3 is 5.97 Å². The van der Waals surface area contributed by atoms with E-state index in [0.29, 0.717) is 0 Å². The molecule has 1 aromatic rings. The Labute approximate surface area is 103 Å². The summed E-state index contributed by atoms with van der Waals surface area (Å²) in [6.07, 6.45) is 0. The van der Waals surface area contributed by atoms with E-state index < -0.39 is 22.0 Å². The highest BCUT2D eigenvalue weighted by Crippen LogP contribution is 2.24. The lowest BCUT2D eigenvalue weighted by Crippen LogP contribution is -2.36. The summed E-state index contributed by atoms with van der Waals surface area (Å²) in [7, 11) is -2.39. The predicted molar refractivity (Wildman–Crippen MR) is 62.8 cm³/mol. The van der Waals surface area contributed by atoms with Crippen LogP contribution in [0.5, 0.6) is 0 Å². The summed E-state index contributed by atoms with van der Waals surface area (Å²) >= 11 is 0.849. The number of aliphatic hydroxyl groups is 1. The number of carboxylic acid groups (broad SMARTS) is 1. The Morgan fingerprint density at radius 3 is 2.59 bits per heavy atom. The molecule has 0 amide bonds. The van der Waals surface area contributed by atoms with Crippen LogP contribution in [-0.2, 0) is 10.0 Å². The van der Waals surface area contributed by atoms with Gasteiger partial charge in [-0.3, -0.25) is 0 Å². The molecule has 0 bridgehead atoms. The van der Waals surface area contributed by atoms with Crippen molar-refractivity contribution in [2.24, 2.45) is 0 Å². The van der Waals surface area contributed by atoms with E-state index >= 15 is 0 Å². The maximum atomic E-state index is 12.0. The molecule has 1 aromatic heterocycles. The number of aromatic carboxylic acids is 1. The van der Waals surface area contributed by atoms with Crippen molar-refractivity contribution < 1.29 is 23.4 Å². The van der Waals surface area contributed by atoms with Gasteiger partial charge in [-0.1, -0.05) is 0 Å². The number of carbonyl (C=O) groups is 1. The van der Waals surface area contributed by atoms with Gasteiger partial charge in [0.1, 0.15) is 4.21 Å². The molecule has 0 aliphatic carbocycles. The highest BCUT2D eigenvalue weighted by atomic mass is 32.2. The number of hydrogen-bond donors (Lipinski definition) is 2. The molecule has 1 unspecified atom stereocenters. The molecular weight excluding hydrogens is 266 g/mol. The van der Waals surface area contributed by atoms with Gasteiger partial charge in [-0.15, -0.1) is 11.3 Å². The molecule has 96 valence electrons. The first-order valence-corrected chi connectivity index (χ1v) is 7.03. The Morgan fingerprint density at radius 1 is 1.59 bits per heavy atom. The van der Waals surface area contributed by atoms with E-state index in [9.17, 15) is 13.2 Å². The molecule has 17 heavy (non-hydrogen) atoms. The molecule has 0 fully saturated rings. The van der Waals surface area contributed by atoms with Crippen LogP contribution in [0.1, 0.15) is 17.3 Å². The molecule has 0 spiro atoms. The predicted octanol–water partition coefficient (Wildman–Crippen LogP) is 0.448. The molecule has 6 nitrogen and oxygen atoms in total. The molecule has 0 aromatic carbocycles. The summed E-state index contributed by atoms with van der Waals surface area (Å²) in [5.74, 6) is -1.17. The number of aliphatic hydroxyl groups excluding tert-OH is 1. The van der Waals surface area contributed by atoms with Gasteiger partial charge in [0.15, 0.2) is 0 Å². The quantitative estimate of drug-likeness (QED) is 0.816. The van der Waals surface area contributed by atoms with Crippen molar-refractivity contribution in [2.45, 2.75) is 17.2 Å². The summed E-state index contributed by atoms with van der Waals surface area (Å²) in [6, 6.07) is 0.554. The van der Waals surface area contributed by atoms with Crippen molar-refractivity contribution in [3.63, 3.8) is 0 Å². The minimum Gasteiger partial charge on any atom is -0.478 e. The number of rotatable bonds is 5. The van der Waals surface area contributed by atoms with Crippen LogP contribution in [0.15, 0.2) is 15.7 Å². The van der Waals surface area contributed by atoms with E-state index in [-0.39, 0.29) is 16.4 Å². The lowest BCUT2D eigenvalue weighted by molar-refractivity contribution is 0.0697. The Bertz CT molecular complexity index is 507. The summed E-state index contributed by atoms with van der Waals surface area (Å²) in [6.45, 7) is 1.26. The van der Waals surface area contributed by atoms with Crippen molar-refractivity contribution in [1.82, 2.24) is 4.31 Å². The van der Waals surface area contributed by atoms with Crippen molar-refractivity contribution in [2.75, 3.05) is 13.7 Å². The zero-order valence-corrected chi connectivity index (χ0v) is 11.0. The van der Waals surface area contributed by atoms with Crippen LogP contribution in [-0.4, -0.2) is 48.6 Å². The number of thiophene rings is 1. The second-order valence-electron chi connectivity index (χ2n) is 3.51. The minimum absolute atomic E-state index is 0.0438. The van der Waals surface area contributed by atoms with Crippen LogP contribution in [0.25, 0.3) is 0 Å². The summed E-state index contributed by atoms with van der Waals surface area (Å²) in [5, 5.41) is 18.9. The Hall–Kier alpha value is -0.960. The molecule has 1 heterocycles. The Balaban J connectivity index is 3.09. The topological polar surface area (TPSA) is 94.9 Å². The number of likely N-dealkylation sites (N-methyl/N-ethyl adjacent to an activating group) is 1. The van der Waals surface area contributed by atoms with Gasteiger partial charge in [0.2, 0.25) is 0 Å². The lowest BCUT2D eigenvalue weighted by atomic mass is 10.4. The molecule has 0 saturated carbocycles. The molecular formula is C9H13NO5S2. The van der Waals surface area contributed by atoms with Crippen LogP contribution in [0.2, 0.25) is 0 Å². The van der Waals surface area contributed by atoms with Gasteiger partial charge in [0, 0.05) is 18.5 Å². The zero-order chi connectivity index (χ0) is 13.2. The van der Waals surface area contributed by atoms with E-state index in [4.69, 9.17) is 10.2 Å². The maximum Gasteiger partial charge on any atom is 0.336 e. The molecule has 0 aliphatic heterocycles. The number of sulfonamides is 1. The monoisotopic (exact) mass is 279 g/mol. The third kappa shape index (κ3) is 2.83. The fourth-order valence-corrected chi connectivity index (χ4v) is 3.75. The number of hydrogen-bond acceptors (Lipinski definition) is 5. The van der Waals surface area contributed by atoms with Gasteiger partial charge in [-0.2, -0.15) is 4.31 Å². The van der Waals surface area contributed by atoms with Crippen LogP contribution in [0.3, 0.4) is 0 Å². The first kappa shape index (κ1) is 14.1. The van der Waals surface area contributed by atoms with Crippen LogP contribution < -0.4 is 0 Å². The van der Waals surface area contributed by atoms with Crippen molar-refractivity contribution >= 4 is 27.3 Å². The van der Waals surface area contributed by atoms with E-state index in [2.05, 4.69) is 0 Å². The van der Waals surface area contributed by atoms with Crippen molar-refractivity contribution in [1.29, 1.82) is 0 Å². The van der Waals surface area contributed by atoms with E-state index in [1.165, 1.54) is 12.4 Å². The van der Waals surface area contributed by atoms with E-state index in [0.717, 1.165) is 21.7 Å². The smallest absolute Gasteiger partial charge is 0.336 e. The third-order valence-corrected chi connectivity index (χ3v) is 5.73. The maximum absolute atomic E-state index is 12.0. The summed E-state index contributed by atoms with van der Waals surface area (Å²) in [5.41, 5.74) is -0.0568. The third-order valence-electron chi connectivity index (χ3n) is 2.34. The SMILES string of the molecule is CC(CO)N(C)S(=O)(=O)c1cc(C(=O)O)cs1. The standard InChI is InChI=1S/C9H13NO5S2/c1-6(4-11)10(2)17(14,15)8-3-7(5-16-8)9(12)13/h3,5-6,11H,4H2,1-2H3,(H,12,13). The summed E-state index contributed by atoms with van der Waals surface area (Å²) in [4.78, 5) is 10.7. The molecule has 1 rings (SSSR count). The lowest BCUT2D eigenvalue weighted by Gasteiger charge is -2.21. The van der Waals surface area contributed by atoms with Gasteiger partial charge < -0.3 is 10.2 Å². The van der Waals surface area contributed by atoms with Crippen LogP contribution >= 0.6 is 11.3 Å². The number of carboxylic acids is 1. The first-order valence-electron chi connectivity index (χ1n) is 4.71. The fourth-order valence-electron chi connectivity index (χ4n) is 1.06. The molecule has 1 atom stereocenters. The molecule has 8 heteroatoms. The highest BCUT2D eigenvalue weighted by molar-refractivity contribution is 7.91. The number of nitrogens with zero attached hydrogens (tertiary/aromatic N) is 1. The minimum atomic E-state index is -3.73. The molecule has 2 N–H and O–H groups in total. The van der Waals surface area contributed by atoms with Gasteiger partial charge in [0.25, 0.3) is 10.0 Å². The Kier molecular flexibility index (Phi) is 4.26. The van der Waals surface area contributed by atoms with Crippen LogP contribution in [0, 0.1) is 0 Å². The summed E-state index contributed by atoms with van der Waals surface area (Å²) < 4.78 is 25.0. The van der Waals surface area contributed by atoms with E-state index in [1.54, 1.807) is 6.92 Å². The second-order valence-corrected chi connectivity index (χ2v) is 6.65. The largest absolute Gasteiger partial charge is 0.478 e. The molecule has 0 aliphatic rings. The van der Waals surface area contributed by atoms with Crippen LogP contribution in [0.4, 0.5) is 0 Å². The fraction of sp³-hybridized carbons (Fsp3) is 0.444. The van der Waals surface area contributed by atoms with Gasteiger partial charge in [0.05, 0.1) is 12.2 Å². The van der Waals surface area contributed by atoms with E-state index in [1.807, 2.05) is 0 Å². The zero-order valence-electron chi connectivity index (χ0n) is 9.32. The highest BCUT2D eigenvalue weighted by Gasteiger charge is 2.27. The van der Waals surface area contributed by atoms with Gasteiger partial charge in [-0.05, 0) is 13.0 Å². The average Bonchev–Trinajstić information content (AvgIpc) is 2.76. The average molecular weight is 279 g/mol. The van der Waals surface area contributed by atoms with Crippen molar-refractivity contribution in [3.05, 3.63) is 17.0 Å². The molecule has 0 radical (unpaired) electrons. The second kappa shape index (κ2) is 5.13. The normalized spacial score (nSPS) is 13.9.